The van der Waals surface area contributed by atoms with Gasteiger partial charge in [0.2, 0.25) is 0 Å². The van der Waals surface area contributed by atoms with E-state index in [2.05, 4.69) is 21.2 Å². The topological polar surface area (TPSA) is 29.1 Å². The van der Waals surface area contributed by atoms with Crippen molar-refractivity contribution in [2.24, 2.45) is 0 Å². The van der Waals surface area contributed by atoms with E-state index in [1.165, 1.54) is 12.1 Å². The van der Waals surface area contributed by atoms with Gasteiger partial charge in [-0.2, -0.15) is 13.2 Å². The minimum Gasteiger partial charge on any atom is -0.321 e. The molecule has 0 spiro atoms. The van der Waals surface area contributed by atoms with Gasteiger partial charge in [0, 0.05) is 10.0 Å². The SMILES string of the molecule is Cc1ccc(Br)c(NC(=O)c2cccc(C(F)(F)F)c2)c1. The Bertz CT molecular complexity index is 683. The first-order chi connectivity index (χ1) is 9.77. The van der Waals surface area contributed by atoms with Crippen molar-refractivity contribution in [1.29, 1.82) is 0 Å². The van der Waals surface area contributed by atoms with Gasteiger partial charge >= 0.3 is 6.18 Å². The molecule has 21 heavy (non-hydrogen) atoms. The van der Waals surface area contributed by atoms with Crippen molar-refractivity contribution < 1.29 is 18.0 Å². The number of alkyl halides is 3. The van der Waals surface area contributed by atoms with Gasteiger partial charge in [-0.05, 0) is 58.7 Å². The van der Waals surface area contributed by atoms with Crippen LogP contribution in [-0.4, -0.2) is 5.91 Å². The summed E-state index contributed by atoms with van der Waals surface area (Å²) in [5, 5.41) is 2.59. The van der Waals surface area contributed by atoms with Crippen molar-refractivity contribution in [3.05, 3.63) is 63.6 Å². The summed E-state index contributed by atoms with van der Waals surface area (Å²) in [6, 6.07) is 9.66. The molecule has 1 amide bonds. The van der Waals surface area contributed by atoms with Crippen LogP contribution in [0.3, 0.4) is 0 Å². The maximum atomic E-state index is 12.6. The molecule has 2 nitrogen and oxygen atoms in total. The number of rotatable bonds is 2. The number of halogens is 4. The molecule has 110 valence electrons. The van der Waals surface area contributed by atoms with E-state index in [-0.39, 0.29) is 5.56 Å². The Kier molecular flexibility index (Phi) is 4.37. The van der Waals surface area contributed by atoms with Crippen LogP contribution in [0.25, 0.3) is 0 Å². The average molecular weight is 358 g/mol. The standard InChI is InChI=1S/C15H11BrF3NO/c1-9-5-6-12(16)13(7-9)20-14(21)10-3-2-4-11(8-10)15(17,18)19/h2-8H,1H3,(H,20,21). The van der Waals surface area contributed by atoms with Gasteiger partial charge in [-0.25, -0.2) is 0 Å². The van der Waals surface area contributed by atoms with Gasteiger partial charge in [-0.3, -0.25) is 4.79 Å². The largest absolute Gasteiger partial charge is 0.416 e. The molecule has 0 bridgehead atoms. The Hall–Kier alpha value is -1.82. The maximum Gasteiger partial charge on any atom is 0.416 e. The lowest BCUT2D eigenvalue weighted by molar-refractivity contribution is -0.137. The summed E-state index contributed by atoms with van der Waals surface area (Å²) >= 11 is 3.28. The molecule has 0 aliphatic rings. The van der Waals surface area contributed by atoms with Crippen LogP contribution in [0.15, 0.2) is 46.9 Å². The van der Waals surface area contributed by atoms with Crippen molar-refractivity contribution in [3.8, 4) is 0 Å². The van der Waals surface area contributed by atoms with Crippen LogP contribution < -0.4 is 5.32 Å². The van der Waals surface area contributed by atoms with E-state index in [4.69, 9.17) is 0 Å². The molecule has 0 heterocycles. The van der Waals surface area contributed by atoms with E-state index in [9.17, 15) is 18.0 Å². The fraction of sp³-hybridized carbons (Fsp3) is 0.133. The van der Waals surface area contributed by atoms with Crippen LogP contribution >= 0.6 is 15.9 Å². The molecule has 0 radical (unpaired) electrons. The summed E-state index contributed by atoms with van der Waals surface area (Å²) in [4.78, 5) is 12.1. The van der Waals surface area contributed by atoms with Crippen molar-refractivity contribution >= 4 is 27.5 Å². The van der Waals surface area contributed by atoms with Gasteiger partial charge in [-0.1, -0.05) is 12.1 Å². The van der Waals surface area contributed by atoms with E-state index in [0.717, 1.165) is 17.7 Å². The normalized spacial score (nSPS) is 11.3. The highest BCUT2D eigenvalue weighted by Crippen LogP contribution is 2.30. The molecule has 0 fully saturated rings. The van der Waals surface area contributed by atoms with Gasteiger partial charge in [0.15, 0.2) is 0 Å². The second-order valence-electron chi connectivity index (χ2n) is 4.52. The number of aryl methyl sites for hydroxylation is 1. The first-order valence-electron chi connectivity index (χ1n) is 6.02. The van der Waals surface area contributed by atoms with Gasteiger partial charge in [0.25, 0.3) is 5.91 Å². The predicted molar refractivity (Wildman–Crippen MR) is 78.3 cm³/mol. The smallest absolute Gasteiger partial charge is 0.321 e. The monoisotopic (exact) mass is 357 g/mol. The molecule has 2 rings (SSSR count). The highest BCUT2D eigenvalue weighted by molar-refractivity contribution is 9.10. The zero-order valence-corrected chi connectivity index (χ0v) is 12.5. The quantitative estimate of drug-likeness (QED) is 0.802. The molecule has 2 aromatic rings. The average Bonchev–Trinajstić information content (AvgIpc) is 2.42. The minimum absolute atomic E-state index is 0.0433. The highest BCUT2D eigenvalue weighted by Gasteiger charge is 2.30. The molecule has 0 unspecified atom stereocenters. The molecule has 0 aliphatic carbocycles. The summed E-state index contributed by atoms with van der Waals surface area (Å²) in [6.45, 7) is 1.85. The summed E-state index contributed by atoms with van der Waals surface area (Å²) in [6.07, 6.45) is -4.47. The molecule has 0 atom stereocenters. The lowest BCUT2D eigenvalue weighted by atomic mass is 10.1. The Morgan fingerprint density at radius 3 is 2.52 bits per heavy atom. The lowest BCUT2D eigenvalue weighted by Gasteiger charge is -2.10. The van der Waals surface area contributed by atoms with E-state index in [0.29, 0.717) is 10.2 Å². The fourth-order valence-electron chi connectivity index (χ4n) is 1.77. The van der Waals surface area contributed by atoms with Crippen LogP contribution in [-0.2, 0) is 6.18 Å². The Morgan fingerprint density at radius 1 is 1.14 bits per heavy atom. The van der Waals surface area contributed by atoms with Crippen LogP contribution in [0, 0.1) is 6.92 Å². The molecule has 0 aromatic heterocycles. The molecular formula is C15H11BrF3NO. The number of nitrogens with one attached hydrogen (secondary N) is 1. The highest BCUT2D eigenvalue weighted by atomic mass is 79.9. The zero-order chi connectivity index (χ0) is 15.6. The molecule has 6 heteroatoms. The van der Waals surface area contributed by atoms with Gasteiger partial charge < -0.3 is 5.32 Å². The molecule has 1 N–H and O–H groups in total. The number of benzene rings is 2. The summed E-state index contributed by atoms with van der Waals surface area (Å²) < 4.78 is 38.6. The van der Waals surface area contributed by atoms with E-state index < -0.39 is 17.6 Å². The first kappa shape index (κ1) is 15.6. The third-order valence-electron chi connectivity index (χ3n) is 2.82. The number of anilines is 1. The van der Waals surface area contributed by atoms with Crippen molar-refractivity contribution in [1.82, 2.24) is 0 Å². The number of amides is 1. The second kappa shape index (κ2) is 5.89. The Morgan fingerprint density at radius 2 is 1.86 bits per heavy atom. The maximum absolute atomic E-state index is 12.6. The Balaban J connectivity index is 2.27. The van der Waals surface area contributed by atoms with Gasteiger partial charge in [-0.15, -0.1) is 0 Å². The third kappa shape index (κ3) is 3.85. The lowest BCUT2D eigenvalue weighted by Crippen LogP contribution is -2.14. The van der Waals surface area contributed by atoms with E-state index in [1.54, 1.807) is 12.1 Å². The summed E-state index contributed by atoms with van der Waals surface area (Å²) in [5.74, 6) is -0.590. The molecule has 2 aromatic carbocycles. The summed E-state index contributed by atoms with van der Waals surface area (Å²) in [7, 11) is 0. The third-order valence-corrected chi connectivity index (χ3v) is 3.51. The van der Waals surface area contributed by atoms with E-state index in [1.807, 2.05) is 13.0 Å². The van der Waals surface area contributed by atoms with Crippen molar-refractivity contribution in [2.75, 3.05) is 5.32 Å². The Labute approximate surface area is 128 Å². The minimum atomic E-state index is -4.47. The number of carbonyl (C=O) groups is 1. The molecule has 0 saturated heterocycles. The fourth-order valence-corrected chi connectivity index (χ4v) is 2.11. The molecular weight excluding hydrogens is 347 g/mol. The van der Waals surface area contributed by atoms with E-state index >= 15 is 0 Å². The van der Waals surface area contributed by atoms with Crippen LogP contribution in [0.4, 0.5) is 18.9 Å². The van der Waals surface area contributed by atoms with Crippen molar-refractivity contribution in [2.45, 2.75) is 13.1 Å². The van der Waals surface area contributed by atoms with Crippen molar-refractivity contribution in [3.63, 3.8) is 0 Å². The van der Waals surface area contributed by atoms with Crippen LogP contribution in [0.2, 0.25) is 0 Å². The van der Waals surface area contributed by atoms with Gasteiger partial charge in [0.05, 0.1) is 11.3 Å². The molecule has 0 aliphatic heterocycles. The first-order valence-corrected chi connectivity index (χ1v) is 6.81. The second-order valence-corrected chi connectivity index (χ2v) is 5.37. The summed E-state index contributed by atoms with van der Waals surface area (Å²) in [5.41, 5.74) is 0.548. The zero-order valence-electron chi connectivity index (χ0n) is 11.0. The molecule has 0 saturated carbocycles. The predicted octanol–water partition coefficient (Wildman–Crippen LogP) is 5.03. The number of hydrogen-bond acceptors (Lipinski definition) is 1. The van der Waals surface area contributed by atoms with Crippen LogP contribution in [0.1, 0.15) is 21.5 Å². The van der Waals surface area contributed by atoms with Crippen LogP contribution in [0.5, 0.6) is 0 Å². The number of carbonyl (C=O) groups excluding carboxylic acids is 1. The van der Waals surface area contributed by atoms with Gasteiger partial charge in [0.1, 0.15) is 0 Å². The number of hydrogen-bond donors (Lipinski definition) is 1.